The number of benzene rings is 2. The number of carbonyl (C=O) groups excluding carboxylic acids is 2. The summed E-state index contributed by atoms with van der Waals surface area (Å²) in [4.78, 5) is 30.9. The van der Waals surface area contributed by atoms with Crippen LogP contribution in [0.1, 0.15) is 28.8 Å². The molecule has 5 nitrogen and oxygen atoms in total. The van der Waals surface area contributed by atoms with Crippen molar-refractivity contribution in [2.24, 2.45) is 5.92 Å². The van der Waals surface area contributed by atoms with Crippen molar-refractivity contribution in [3.63, 3.8) is 0 Å². The Morgan fingerprint density at radius 3 is 2.89 bits per heavy atom. The van der Waals surface area contributed by atoms with E-state index in [2.05, 4.69) is 4.98 Å². The minimum Gasteiger partial charge on any atom is -0.497 e. The Bertz CT molecular complexity index is 1010. The fraction of sp³-hybridized carbons (Fsp3) is 0.304. The summed E-state index contributed by atoms with van der Waals surface area (Å²) in [7, 11) is 1.59. The van der Waals surface area contributed by atoms with Crippen molar-refractivity contribution in [2.75, 3.05) is 20.2 Å². The van der Waals surface area contributed by atoms with Crippen LogP contribution in [0.4, 0.5) is 0 Å². The van der Waals surface area contributed by atoms with E-state index in [0.717, 1.165) is 29.3 Å². The summed E-state index contributed by atoms with van der Waals surface area (Å²) in [5.74, 6) is 0.679. The fourth-order valence-electron chi connectivity index (χ4n) is 3.98. The third-order valence-electron chi connectivity index (χ3n) is 5.52. The number of nitrogens with one attached hydrogen (secondary N) is 1. The molecule has 1 N–H and O–H groups in total. The Morgan fingerprint density at radius 1 is 1.18 bits per heavy atom. The van der Waals surface area contributed by atoms with Crippen LogP contribution in [0.2, 0.25) is 0 Å². The molecule has 5 heteroatoms. The maximum absolute atomic E-state index is 12.9. The van der Waals surface area contributed by atoms with E-state index in [1.54, 1.807) is 13.2 Å². The topological polar surface area (TPSA) is 62.4 Å². The lowest BCUT2D eigenvalue weighted by Gasteiger charge is -2.32. The summed E-state index contributed by atoms with van der Waals surface area (Å²) < 4.78 is 5.23. The van der Waals surface area contributed by atoms with Gasteiger partial charge in [-0.05, 0) is 36.6 Å². The number of ketones is 1. The Morgan fingerprint density at radius 2 is 2.04 bits per heavy atom. The van der Waals surface area contributed by atoms with Crippen molar-refractivity contribution in [1.82, 2.24) is 9.88 Å². The van der Waals surface area contributed by atoms with E-state index in [1.807, 2.05) is 53.6 Å². The van der Waals surface area contributed by atoms with E-state index in [-0.39, 0.29) is 17.6 Å². The highest BCUT2D eigenvalue weighted by molar-refractivity contribution is 5.98. The van der Waals surface area contributed by atoms with E-state index >= 15 is 0 Å². The van der Waals surface area contributed by atoms with Crippen molar-refractivity contribution in [3.8, 4) is 5.75 Å². The number of ether oxygens (including phenoxy) is 1. The fourth-order valence-corrected chi connectivity index (χ4v) is 3.98. The highest BCUT2D eigenvalue weighted by Crippen LogP contribution is 2.24. The van der Waals surface area contributed by atoms with Gasteiger partial charge in [0.1, 0.15) is 5.75 Å². The van der Waals surface area contributed by atoms with Crippen molar-refractivity contribution >= 4 is 22.6 Å². The van der Waals surface area contributed by atoms with Crippen LogP contribution < -0.4 is 4.74 Å². The van der Waals surface area contributed by atoms with E-state index in [1.165, 1.54) is 0 Å². The molecule has 0 radical (unpaired) electrons. The lowest BCUT2D eigenvalue weighted by molar-refractivity contribution is -0.131. The number of hydrogen-bond donors (Lipinski definition) is 1. The number of rotatable bonds is 5. The van der Waals surface area contributed by atoms with Crippen LogP contribution in [0.3, 0.4) is 0 Å². The molecule has 1 amide bonds. The van der Waals surface area contributed by atoms with Gasteiger partial charge in [0.2, 0.25) is 5.91 Å². The first-order chi connectivity index (χ1) is 13.7. The van der Waals surface area contributed by atoms with E-state index in [9.17, 15) is 9.59 Å². The third-order valence-corrected chi connectivity index (χ3v) is 5.52. The van der Waals surface area contributed by atoms with Gasteiger partial charge < -0.3 is 14.6 Å². The number of para-hydroxylation sites is 1. The van der Waals surface area contributed by atoms with Gasteiger partial charge in [0, 0.05) is 41.7 Å². The molecule has 1 aliphatic rings. The normalized spacial score (nSPS) is 16.9. The summed E-state index contributed by atoms with van der Waals surface area (Å²) in [5.41, 5.74) is 2.69. The molecular formula is C23H24N2O3. The van der Waals surface area contributed by atoms with Gasteiger partial charge in [0.25, 0.3) is 0 Å². The summed E-state index contributed by atoms with van der Waals surface area (Å²) in [6, 6.07) is 15.2. The molecule has 28 heavy (non-hydrogen) atoms. The van der Waals surface area contributed by atoms with Crippen LogP contribution in [-0.2, 0) is 11.2 Å². The number of likely N-dealkylation sites (tertiary alicyclic amines) is 1. The smallest absolute Gasteiger partial charge is 0.227 e. The average Bonchev–Trinajstić information content (AvgIpc) is 3.16. The summed E-state index contributed by atoms with van der Waals surface area (Å²) in [6.45, 7) is 1.19. The molecule has 4 rings (SSSR count). The average molecular weight is 376 g/mol. The lowest BCUT2D eigenvalue weighted by atomic mass is 9.89. The van der Waals surface area contributed by atoms with Crippen molar-refractivity contribution in [1.29, 1.82) is 0 Å². The SMILES string of the molecule is COc1cccc(C(=O)[C@@H]2CCCN(C(=O)Cc3c[nH]c4ccccc34)C2)c1. The largest absolute Gasteiger partial charge is 0.497 e. The summed E-state index contributed by atoms with van der Waals surface area (Å²) >= 11 is 0. The number of aromatic amines is 1. The van der Waals surface area contributed by atoms with Crippen molar-refractivity contribution < 1.29 is 14.3 Å². The molecule has 0 aliphatic carbocycles. The molecule has 1 atom stereocenters. The van der Waals surface area contributed by atoms with Crippen LogP contribution in [0.15, 0.2) is 54.7 Å². The monoisotopic (exact) mass is 376 g/mol. The second kappa shape index (κ2) is 7.89. The van der Waals surface area contributed by atoms with Gasteiger partial charge in [-0.15, -0.1) is 0 Å². The standard InChI is InChI=1S/C23H24N2O3/c1-28-19-8-4-6-16(12-19)23(27)17-7-5-11-25(15-17)22(26)13-18-14-24-21-10-3-2-9-20(18)21/h2-4,6,8-10,12,14,17,24H,5,7,11,13,15H2,1H3/t17-/m1/s1. The molecule has 1 saturated heterocycles. The van der Waals surface area contributed by atoms with Gasteiger partial charge >= 0.3 is 0 Å². The molecule has 0 saturated carbocycles. The Labute approximate surface area is 164 Å². The molecular weight excluding hydrogens is 352 g/mol. The molecule has 0 bridgehead atoms. The number of aromatic nitrogens is 1. The van der Waals surface area contributed by atoms with Crippen LogP contribution in [0.25, 0.3) is 10.9 Å². The van der Waals surface area contributed by atoms with Gasteiger partial charge in [-0.25, -0.2) is 0 Å². The number of H-pyrrole nitrogens is 1. The van der Waals surface area contributed by atoms with Gasteiger partial charge in [0.05, 0.1) is 13.5 Å². The Balaban J connectivity index is 1.45. The van der Waals surface area contributed by atoms with Crippen LogP contribution in [-0.4, -0.2) is 41.8 Å². The minimum absolute atomic E-state index is 0.0768. The molecule has 2 aromatic carbocycles. The summed E-state index contributed by atoms with van der Waals surface area (Å²) in [5, 5.41) is 1.08. The molecule has 1 fully saturated rings. The first-order valence-electron chi connectivity index (χ1n) is 9.67. The number of piperidine rings is 1. The highest BCUT2D eigenvalue weighted by atomic mass is 16.5. The van der Waals surface area contributed by atoms with E-state index in [0.29, 0.717) is 30.8 Å². The summed E-state index contributed by atoms with van der Waals surface area (Å²) in [6.07, 6.45) is 3.92. The molecule has 0 unspecified atom stereocenters. The first kappa shape index (κ1) is 18.3. The molecule has 1 aromatic heterocycles. The number of amides is 1. The maximum atomic E-state index is 12.9. The zero-order chi connectivity index (χ0) is 19.5. The van der Waals surface area contributed by atoms with Crippen LogP contribution in [0.5, 0.6) is 5.75 Å². The van der Waals surface area contributed by atoms with Crippen molar-refractivity contribution in [3.05, 3.63) is 65.9 Å². The number of Topliss-reactive ketones (excluding diaryl/α,β-unsaturated/α-hetero) is 1. The number of nitrogens with zero attached hydrogens (tertiary/aromatic N) is 1. The molecule has 2 heterocycles. The van der Waals surface area contributed by atoms with Gasteiger partial charge in [0.15, 0.2) is 5.78 Å². The second-order valence-electron chi connectivity index (χ2n) is 7.31. The lowest BCUT2D eigenvalue weighted by Crippen LogP contribution is -2.43. The zero-order valence-corrected chi connectivity index (χ0v) is 16.0. The second-order valence-corrected chi connectivity index (χ2v) is 7.31. The zero-order valence-electron chi connectivity index (χ0n) is 16.0. The highest BCUT2D eigenvalue weighted by Gasteiger charge is 2.29. The predicted octanol–water partition coefficient (Wildman–Crippen LogP) is 3.84. The Hall–Kier alpha value is -3.08. The van der Waals surface area contributed by atoms with E-state index in [4.69, 9.17) is 4.74 Å². The quantitative estimate of drug-likeness (QED) is 0.688. The molecule has 144 valence electrons. The van der Waals surface area contributed by atoms with Crippen LogP contribution in [0, 0.1) is 5.92 Å². The molecule has 3 aromatic rings. The number of carbonyl (C=O) groups is 2. The van der Waals surface area contributed by atoms with Gasteiger partial charge in [-0.2, -0.15) is 0 Å². The Kier molecular flexibility index (Phi) is 5.15. The van der Waals surface area contributed by atoms with Gasteiger partial charge in [-0.3, -0.25) is 9.59 Å². The number of methoxy groups -OCH3 is 1. The van der Waals surface area contributed by atoms with Gasteiger partial charge in [-0.1, -0.05) is 30.3 Å². The number of hydrogen-bond acceptors (Lipinski definition) is 3. The van der Waals surface area contributed by atoms with Crippen molar-refractivity contribution in [2.45, 2.75) is 19.3 Å². The molecule has 0 spiro atoms. The first-order valence-corrected chi connectivity index (χ1v) is 9.67. The van der Waals surface area contributed by atoms with Crippen LogP contribution >= 0.6 is 0 Å². The third kappa shape index (κ3) is 3.65. The van der Waals surface area contributed by atoms with E-state index < -0.39 is 0 Å². The maximum Gasteiger partial charge on any atom is 0.227 e. The number of fused-ring (bicyclic) bond motifs is 1. The minimum atomic E-state index is -0.159. The predicted molar refractivity (Wildman–Crippen MR) is 109 cm³/mol. The molecule has 1 aliphatic heterocycles.